The summed E-state index contributed by atoms with van der Waals surface area (Å²) in [5, 5.41) is 4.86. The van der Waals surface area contributed by atoms with E-state index in [1.165, 1.54) is 6.07 Å². The molecule has 0 spiro atoms. The van der Waals surface area contributed by atoms with Gasteiger partial charge < -0.3 is 10.3 Å². The topological polar surface area (TPSA) is 69.1 Å². The van der Waals surface area contributed by atoms with Crippen LogP contribution < -0.4 is 5.73 Å². The molecule has 25 heavy (non-hydrogen) atoms. The second-order valence-corrected chi connectivity index (χ2v) is 6.54. The molecule has 0 saturated heterocycles. The largest absolute Gasteiger partial charge is 0.370 e. The number of nitrogens with zero attached hydrogens (tertiary/aromatic N) is 4. The molecule has 2 aromatic rings. The Kier molecular flexibility index (Phi) is 6.69. The van der Waals surface area contributed by atoms with Crippen molar-refractivity contribution in [3.05, 3.63) is 45.2 Å². The minimum Gasteiger partial charge on any atom is -0.370 e. The molecule has 1 amide bonds. The molecule has 2 N–H and O–H groups in total. The summed E-state index contributed by atoms with van der Waals surface area (Å²) in [6, 6.07) is 4.62. The van der Waals surface area contributed by atoms with Gasteiger partial charge in [0.05, 0.1) is 6.67 Å². The van der Waals surface area contributed by atoms with Crippen LogP contribution in [-0.2, 0) is 31.0 Å². The Labute approximate surface area is 156 Å². The molecule has 0 aliphatic carbocycles. The zero-order valence-electron chi connectivity index (χ0n) is 14.2. The fraction of sp³-hybridized carbons (Fsp3) is 0.438. The van der Waals surface area contributed by atoms with Crippen molar-refractivity contribution in [3.8, 4) is 0 Å². The van der Waals surface area contributed by atoms with Crippen LogP contribution in [0.1, 0.15) is 24.7 Å². The number of benzene rings is 1. The molecule has 0 aliphatic heterocycles. The van der Waals surface area contributed by atoms with Gasteiger partial charge in [-0.05, 0) is 38.3 Å². The lowest BCUT2D eigenvalue weighted by Crippen LogP contribution is -2.23. The fourth-order valence-corrected chi connectivity index (χ4v) is 3.10. The Morgan fingerprint density at radius 1 is 1.48 bits per heavy atom. The molecule has 0 aliphatic rings. The molecule has 0 atom stereocenters. The molecule has 1 heterocycles. The summed E-state index contributed by atoms with van der Waals surface area (Å²) in [5.41, 5.74) is 5.64. The first kappa shape index (κ1) is 19.6. The highest BCUT2D eigenvalue weighted by Gasteiger charge is 2.14. The molecular weight excluding hydrogens is 365 g/mol. The first-order chi connectivity index (χ1) is 11.8. The van der Waals surface area contributed by atoms with Crippen molar-refractivity contribution < 1.29 is 9.18 Å². The van der Waals surface area contributed by atoms with Crippen LogP contribution in [0.3, 0.4) is 0 Å². The zero-order valence-corrected chi connectivity index (χ0v) is 15.8. The van der Waals surface area contributed by atoms with Gasteiger partial charge in [0, 0.05) is 36.5 Å². The summed E-state index contributed by atoms with van der Waals surface area (Å²) in [4.78, 5) is 12.9. The lowest BCUT2D eigenvalue weighted by Gasteiger charge is -2.17. The Hall–Kier alpha value is -1.77. The first-order valence-electron chi connectivity index (χ1n) is 7.89. The lowest BCUT2D eigenvalue weighted by molar-refractivity contribution is -0.118. The van der Waals surface area contributed by atoms with Crippen molar-refractivity contribution in [1.29, 1.82) is 0 Å². The van der Waals surface area contributed by atoms with Crippen LogP contribution in [0, 0.1) is 10.6 Å². The van der Waals surface area contributed by atoms with Crippen LogP contribution in [0.5, 0.6) is 0 Å². The van der Waals surface area contributed by atoms with E-state index in [0.717, 1.165) is 0 Å². The summed E-state index contributed by atoms with van der Waals surface area (Å²) in [5.74, 6) is -0.0118. The number of hydrogen-bond donors (Lipinski definition) is 1. The van der Waals surface area contributed by atoms with Gasteiger partial charge in [0.2, 0.25) is 5.91 Å². The molecule has 0 unspecified atom stereocenters. The van der Waals surface area contributed by atoms with Gasteiger partial charge in [0.15, 0.2) is 4.77 Å². The van der Waals surface area contributed by atoms with Gasteiger partial charge >= 0.3 is 0 Å². The van der Waals surface area contributed by atoms with Crippen molar-refractivity contribution >= 4 is 29.7 Å². The zero-order chi connectivity index (χ0) is 18.6. The van der Waals surface area contributed by atoms with Gasteiger partial charge in [-0.3, -0.25) is 9.69 Å². The summed E-state index contributed by atoms with van der Waals surface area (Å²) >= 11 is 11.5. The van der Waals surface area contributed by atoms with Crippen LogP contribution in [0.25, 0.3) is 0 Å². The van der Waals surface area contributed by atoms with E-state index >= 15 is 0 Å². The van der Waals surface area contributed by atoms with E-state index < -0.39 is 0 Å². The molecular formula is C16H21ClFN5OS. The number of carbonyl (C=O) groups is 1. The SMILES string of the molecule is CCn1c(CCC(N)=O)nn(CN(C)Cc2c(F)cccc2Cl)c1=S. The highest BCUT2D eigenvalue weighted by Crippen LogP contribution is 2.20. The quantitative estimate of drug-likeness (QED) is 0.709. The average molecular weight is 386 g/mol. The van der Waals surface area contributed by atoms with Gasteiger partial charge in [-0.15, -0.1) is 0 Å². The van der Waals surface area contributed by atoms with E-state index in [0.29, 0.717) is 47.4 Å². The van der Waals surface area contributed by atoms with Gasteiger partial charge in [-0.2, -0.15) is 5.10 Å². The van der Waals surface area contributed by atoms with Gasteiger partial charge in [0.1, 0.15) is 11.6 Å². The highest BCUT2D eigenvalue weighted by molar-refractivity contribution is 7.71. The number of primary amides is 1. The number of aromatic nitrogens is 3. The third-order valence-electron chi connectivity index (χ3n) is 3.78. The maximum absolute atomic E-state index is 13.9. The third kappa shape index (κ3) is 4.87. The molecule has 136 valence electrons. The molecule has 0 saturated carbocycles. The second kappa shape index (κ2) is 8.55. The molecule has 0 bridgehead atoms. The summed E-state index contributed by atoms with van der Waals surface area (Å²) in [7, 11) is 1.83. The molecule has 1 aromatic heterocycles. The predicted octanol–water partition coefficient (Wildman–Crippen LogP) is 2.73. The monoisotopic (exact) mass is 385 g/mol. The van der Waals surface area contributed by atoms with Crippen molar-refractivity contribution in [2.45, 2.75) is 39.5 Å². The van der Waals surface area contributed by atoms with Crippen LogP contribution in [-0.4, -0.2) is 32.2 Å². The number of rotatable bonds is 8. The first-order valence-corrected chi connectivity index (χ1v) is 8.68. The number of aryl methyl sites for hydroxylation is 1. The third-order valence-corrected chi connectivity index (χ3v) is 4.56. The summed E-state index contributed by atoms with van der Waals surface area (Å²) in [6.07, 6.45) is 0.648. The lowest BCUT2D eigenvalue weighted by atomic mass is 10.2. The number of hydrogen-bond acceptors (Lipinski definition) is 4. The van der Waals surface area contributed by atoms with E-state index in [2.05, 4.69) is 5.10 Å². The summed E-state index contributed by atoms with van der Waals surface area (Å²) < 4.78 is 18.0. The Morgan fingerprint density at radius 2 is 2.20 bits per heavy atom. The Morgan fingerprint density at radius 3 is 2.80 bits per heavy atom. The van der Waals surface area contributed by atoms with Crippen molar-refractivity contribution in [2.24, 2.45) is 5.73 Å². The number of halogens is 2. The number of amides is 1. The van der Waals surface area contributed by atoms with Gasteiger partial charge in [-0.1, -0.05) is 17.7 Å². The van der Waals surface area contributed by atoms with Crippen LogP contribution in [0.4, 0.5) is 4.39 Å². The number of carbonyl (C=O) groups excluding carboxylic acids is 1. The molecule has 1 aromatic carbocycles. The molecule has 0 fully saturated rings. The Balaban J connectivity index is 2.16. The predicted molar refractivity (Wildman–Crippen MR) is 97.1 cm³/mol. The smallest absolute Gasteiger partial charge is 0.217 e. The molecule has 0 radical (unpaired) electrons. The van der Waals surface area contributed by atoms with Gasteiger partial charge in [-0.25, -0.2) is 9.07 Å². The van der Waals surface area contributed by atoms with Crippen LogP contribution in [0.2, 0.25) is 5.02 Å². The minimum absolute atomic E-state index is 0.215. The Bertz CT molecular complexity index is 799. The van der Waals surface area contributed by atoms with E-state index in [-0.39, 0.29) is 18.1 Å². The van der Waals surface area contributed by atoms with Crippen LogP contribution >= 0.6 is 23.8 Å². The fourth-order valence-electron chi connectivity index (χ4n) is 2.55. The number of nitrogens with two attached hydrogens (primary N) is 1. The van der Waals surface area contributed by atoms with Crippen molar-refractivity contribution in [1.82, 2.24) is 19.2 Å². The van der Waals surface area contributed by atoms with E-state index in [9.17, 15) is 9.18 Å². The van der Waals surface area contributed by atoms with E-state index in [1.54, 1.807) is 16.8 Å². The molecule has 6 nitrogen and oxygen atoms in total. The van der Waals surface area contributed by atoms with Gasteiger partial charge in [0.25, 0.3) is 0 Å². The molecule has 2 rings (SSSR count). The normalized spacial score (nSPS) is 11.2. The summed E-state index contributed by atoms with van der Waals surface area (Å²) in [6.45, 7) is 3.30. The average Bonchev–Trinajstić information content (AvgIpc) is 2.84. The maximum atomic E-state index is 13.9. The second-order valence-electron chi connectivity index (χ2n) is 5.76. The van der Waals surface area contributed by atoms with Crippen molar-refractivity contribution in [2.75, 3.05) is 7.05 Å². The maximum Gasteiger partial charge on any atom is 0.217 e. The standard InChI is InChI=1S/C16H21ClFN5OS/c1-3-22-15(8-7-14(19)24)20-23(16(22)25)10-21(2)9-11-12(17)5-4-6-13(11)18/h4-6H,3,7-10H2,1-2H3,(H2,19,24). The minimum atomic E-state index is -0.380. The highest BCUT2D eigenvalue weighted by atomic mass is 35.5. The van der Waals surface area contributed by atoms with Crippen LogP contribution in [0.15, 0.2) is 18.2 Å². The van der Waals surface area contributed by atoms with E-state index in [4.69, 9.17) is 29.6 Å². The van der Waals surface area contributed by atoms with Crippen molar-refractivity contribution in [3.63, 3.8) is 0 Å². The van der Waals surface area contributed by atoms with E-state index in [1.807, 2.05) is 23.4 Å². The molecule has 9 heteroatoms.